The van der Waals surface area contributed by atoms with Crippen molar-refractivity contribution in [2.24, 2.45) is 0 Å². The molecule has 0 unspecified atom stereocenters. The van der Waals surface area contributed by atoms with Crippen LogP contribution in [0.1, 0.15) is 27.8 Å². The zero-order valence-corrected chi connectivity index (χ0v) is 11.4. The Labute approximate surface area is 112 Å². The molecule has 0 atom stereocenters. The van der Waals surface area contributed by atoms with Crippen molar-refractivity contribution in [3.8, 4) is 11.5 Å². The van der Waals surface area contributed by atoms with Crippen molar-refractivity contribution in [3.63, 3.8) is 0 Å². The van der Waals surface area contributed by atoms with Crippen LogP contribution in [0.3, 0.4) is 0 Å². The molecule has 19 heavy (non-hydrogen) atoms. The standard InChI is InChI=1S/C16H17NO2/c1-9-10(2)16(19)14(12(4)15(9)18)11(3)13-6-5-7-17-8-13/h5-8,18-19H,3H2,1-2,4H3. The van der Waals surface area contributed by atoms with Gasteiger partial charge in [-0.25, -0.2) is 0 Å². The molecule has 98 valence electrons. The van der Waals surface area contributed by atoms with Crippen molar-refractivity contribution in [2.45, 2.75) is 20.8 Å². The average Bonchev–Trinajstić information content (AvgIpc) is 2.44. The van der Waals surface area contributed by atoms with Crippen LogP contribution in [0.2, 0.25) is 0 Å². The summed E-state index contributed by atoms with van der Waals surface area (Å²) < 4.78 is 0. The number of hydrogen-bond acceptors (Lipinski definition) is 3. The Morgan fingerprint density at radius 2 is 1.68 bits per heavy atom. The van der Waals surface area contributed by atoms with Gasteiger partial charge in [0.05, 0.1) is 0 Å². The highest BCUT2D eigenvalue weighted by Gasteiger charge is 2.19. The number of phenolic OH excluding ortho intramolecular Hbond substituents is 2. The predicted octanol–water partition coefficient (Wildman–Crippen LogP) is 3.48. The third-order valence-electron chi connectivity index (χ3n) is 3.55. The van der Waals surface area contributed by atoms with Crippen LogP contribution in [0, 0.1) is 20.8 Å². The van der Waals surface area contributed by atoms with E-state index in [2.05, 4.69) is 11.6 Å². The molecule has 3 nitrogen and oxygen atoms in total. The molecule has 0 amide bonds. The number of nitrogens with zero attached hydrogens (tertiary/aromatic N) is 1. The average molecular weight is 255 g/mol. The van der Waals surface area contributed by atoms with Crippen molar-refractivity contribution in [3.05, 3.63) is 58.9 Å². The van der Waals surface area contributed by atoms with E-state index < -0.39 is 0 Å². The third-order valence-corrected chi connectivity index (χ3v) is 3.55. The Bertz CT molecular complexity index is 617. The summed E-state index contributed by atoms with van der Waals surface area (Å²) in [6.45, 7) is 9.36. The van der Waals surface area contributed by atoms with Crippen molar-refractivity contribution in [1.82, 2.24) is 4.98 Å². The van der Waals surface area contributed by atoms with Crippen LogP contribution in [0.15, 0.2) is 31.1 Å². The van der Waals surface area contributed by atoms with Crippen molar-refractivity contribution in [2.75, 3.05) is 0 Å². The fourth-order valence-corrected chi connectivity index (χ4v) is 2.17. The van der Waals surface area contributed by atoms with Gasteiger partial charge in [-0.05, 0) is 43.5 Å². The summed E-state index contributed by atoms with van der Waals surface area (Å²) in [5.41, 5.74) is 4.05. The number of pyridine rings is 1. The van der Waals surface area contributed by atoms with Gasteiger partial charge < -0.3 is 10.2 Å². The first-order chi connectivity index (χ1) is 8.95. The topological polar surface area (TPSA) is 53.4 Å². The highest BCUT2D eigenvalue weighted by atomic mass is 16.3. The van der Waals surface area contributed by atoms with E-state index in [0.29, 0.717) is 27.8 Å². The van der Waals surface area contributed by atoms with E-state index in [4.69, 9.17) is 0 Å². The van der Waals surface area contributed by atoms with Crippen LogP contribution in [0.25, 0.3) is 5.57 Å². The normalized spacial score (nSPS) is 10.5. The van der Waals surface area contributed by atoms with Gasteiger partial charge in [-0.3, -0.25) is 4.98 Å². The second-order valence-corrected chi connectivity index (χ2v) is 4.67. The van der Waals surface area contributed by atoms with Crippen LogP contribution in [-0.2, 0) is 0 Å². The highest BCUT2D eigenvalue weighted by Crippen LogP contribution is 2.41. The molecule has 0 fully saturated rings. The van der Waals surface area contributed by atoms with Gasteiger partial charge in [0.1, 0.15) is 11.5 Å². The van der Waals surface area contributed by atoms with Crippen molar-refractivity contribution >= 4 is 5.57 Å². The van der Waals surface area contributed by atoms with E-state index in [9.17, 15) is 10.2 Å². The molecule has 2 aromatic rings. The Hall–Kier alpha value is -2.29. The van der Waals surface area contributed by atoms with E-state index in [1.165, 1.54) is 0 Å². The fourth-order valence-electron chi connectivity index (χ4n) is 2.17. The molecule has 1 heterocycles. The molecule has 2 rings (SSSR count). The van der Waals surface area contributed by atoms with E-state index in [1.54, 1.807) is 33.2 Å². The maximum atomic E-state index is 10.3. The summed E-state index contributed by atoms with van der Waals surface area (Å²) in [6, 6.07) is 3.69. The Kier molecular flexibility index (Phi) is 3.30. The van der Waals surface area contributed by atoms with E-state index in [1.807, 2.05) is 12.1 Å². The molecule has 0 radical (unpaired) electrons. The maximum Gasteiger partial charge on any atom is 0.127 e. The monoisotopic (exact) mass is 255 g/mol. The van der Waals surface area contributed by atoms with Crippen LogP contribution in [0.5, 0.6) is 11.5 Å². The Morgan fingerprint density at radius 1 is 1.05 bits per heavy atom. The first kappa shape index (κ1) is 13.1. The first-order valence-electron chi connectivity index (χ1n) is 6.06. The van der Waals surface area contributed by atoms with Gasteiger partial charge in [0, 0.05) is 29.1 Å². The van der Waals surface area contributed by atoms with Gasteiger partial charge in [0.15, 0.2) is 0 Å². The largest absolute Gasteiger partial charge is 0.507 e. The lowest BCUT2D eigenvalue weighted by Crippen LogP contribution is -1.97. The second kappa shape index (κ2) is 4.76. The van der Waals surface area contributed by atoms with Crippen molar-refractivity contribution < 1.29 is 10.2 Å². The van der Waals surface area contributed by atoms with Gasteiger partial charge in [-0.1, -0.05) is 12.6 Å². The first-order valence-corrected chi connectivity index (χ1v) is 6.06. The molecule has 3 heteroatoms. The fraction of sp³-hybridized carbons (Fsp3) is 0.188. The third kappa shape index (κ3) is 2.08. The molecule has 0 aliphatic rings. The van der Waals surface area contributed by atoms with Gasteiger partial charge in [0.2, 0.25) is 0 Å². The number of aromatic hydroxyl groups is 2. The zero-order valence-electron chi connectivity index (χ0n) is 11.4. The van der Waals surface area contributed by atoms with Gasteiger partial charge in [-0.2, -0.15) is 0 Å². The number of benzene rings is 1. The number of rotatable bonds is 2. The Morgan fingerprint density at radius 3 is 2.26 bits per heavy atom. The molecule has 1 aromatic carbocycles. The van der Waals surface area contributed by atoms with Gasteiger partial charge in [-0.15, -0.1) is 0 Å². The summed E-state index contributed by atoms with van der Waals surface area (Å²) in [5, 5.41) is 20.4. The SMILES string of the molecule is C=C(c1cccnc1)c1c(C)c(O)c(C)c(C)c1O. The van der Waals surface area contributed by atoms with Crippen LogP contribution in [0.4, 0.5) is 0 Å². The summed E-state index contributed by atoms with van der Waals surface area (Å²) in [6.07, 6.45) is 3.37. The number of hydrogen-bond donors (Lipinski definition) is 2. The van der Waals surface area contributed by atoms with Crippen LogP contribution < -0.4 is 0 Å². The summed E-state index contributed by atoms with van der Waals surface area (Å²) in [7, 11) is 0. The molecular formula is C16H17NO2. The lowest BCUT2D eigenvalue weighted by Gasteiger charge is -2.17. The smallest absolute Gasteiger partial charge is 0.127 e. The minimum Gasteiger partial charge on any atom is -0.507 e. The van der Waals surface area contributed by atoms with Gasteiger partial charge >= 0.3 is 0 Å². The van der Waals surface area contributed by atoms with Crippen LogP contribution in [-0.4, -0.2) is 15.2 Å². The molecule has 0 aliphatic carbocycles. The van der Waals surface area contributed by atoms with Crippen molar-refractivity contribution in [1.29, 1.82) is 0 Å². The molecular weight excluding hydrogens is 238 g/mol. The molecule has 2 N–H and O–H groups in total. The molecule has 0 bridgehead atoms. The predicted molar refractivity (Wildman–Crippen MR) is 76.4 cm³/mol. The highest BCUT2D eigenvalue weighted by molar-refractivity contribution is 5.85. The molecule has 1 aromatic heterocycles. The molecule has 0 saturated carbocycles. The van der Waals surface area contributed by atoms with E-state index >= 15 is 0 Å². The second-order valence-electron chi connectivity index (χ2n) is 4.67. The Balaban J connectivity index is 2.67. The maximum absolute atomic E-state index is 10.3. The lowest BCUT2D eigenvalue weighted by atomic mass is 9.90. The number of phenols is 2. The minimum atomic E-state index is 0.168. The molecule has 0 spiro atoms. The molecule has 0 saturated heterocycles. The summed E-state index contributed by atoms with van der Waals surface area (Å²) in [4.78, 5) is 4.05. The van der Waals surface area contributed by atoms with E-state index in [-0.39, 0.29) is 11.5 Å². The number of aromatic nitrogens is 1. The molecule has 0 aliphatic heterocycles. The van der Waals surface area contributed by atoms with Gasteiger partial charge in [0.25, 0.3) is 0 Å². The van der Waals surface area contributed by atoms with E-state index in [0.717, 1.165) is 5.56 Å². The summed E-state index contributed by atoms with van der Waals surface area (Å²) >= 11 is 0. The quantitative estimate of drug-likeness (QED) is 0.808. The minimum absolute atomic E-state index is 0.168. The zero-order chi connectivity index (χ0) is 14.2. The van der Waals surface area contributed by atoms with Crippen LogP contribution >= 0.6 is 0 Å². The lowest BCUT2D eigenvalue weighted by molar-refractivity contribution is 0.448. The summed E-state index contributed by atoms with van der Waals surface area (Å²) in [5.74, 6) is 0.372.